The third-order valence-electron chi connectivity index (χ3n) is 4.73. The van der Waals surface area contributed by atoms with Crippen LogP contribution in [0.15, 0.2) is 49.1 Å². The second-order valence-electron chi connectivity index (χ2n) is 7.07. The first kappa shape index (κ1) is 20.5. The first-order valence-corrected chi connectivity index (χ1v) is 9.06. The molecule has 0 spiro atoms. The lowest BCUT2D eigenvalue weighted by atomic mass is 9.86. The van der Waals surface area contributed by atoms with Gasteiger partial charge in [0.1, 0.15) is 6.33 Å². The van der Waals surface area contributed by atoms with E-state index in [1.165, 1.54) is 23.6 Å². The molecule has 2 atom stereocenters. The Morgan fingerprint density at radius 2 is 1.86 bits per heavy atom. The van der Waals surface area contributed by atoms with Crippen LogP contribution in [0.4, 0.5) is 14.5 Å². The van der Waals surface area contributed by atoms with Crippen LogP contribution < -0.4 is 10.2 Å². The molecule has 152 valence electrons. The summed E-state index contributed by atoms with van der Waals surface area (Å²) in [6.07, 6.45) is 4.44. The van der Waals surface area contributed by atoms with Crippen molar-refractivity contribution in [1.29, 1.82) is 0 Å². The van der Waals surface area contributed by atoms with Crippen LogP contribution in [0.3, 0.4) is 0 Å². The van der Waals surface area contributed by atoms with Gasteiger partial charge in [-0.3, -0.25) is 14.4 Å². The standard InChI is InChI=1S/C20H20F2N4O3/c1-20(21,22)11-25-18(28)17(27)16-10-26(14-8-23-12-24-9-14)19(29)15(16)7-13-5-3-2-4-6-13/h2-6,8-9,12,15-16H,7,10-11H2,1H3,(H,25,28). The van der Waals surface area contributed by atoms with Crippen LogP contribution in [0, 0.1) is 11.8 Å². The number of nitrogens with zero attached hydrogens (tertiary/aromatic N) is 3. The van der Waals surface area contributed by atoms with Crippen molar-refractivity contribution < 1.29 is 23.2 Å². The van der Waals surface area contributed by atoms with E-state index < -0.39 is 36.0 Å². The summed E-state index contributed by atoms with van der Waals surface area (Å²) in [4.78, 5) is 47.0. The van der Waals surface area contributed by atoms with E-state index in [0.29, 0.717) is 12.6 Å². The monoisotopic (exact) mass is 402 g/mol. The summed E-state index contributed by atoms with van der Waals surface area (Å²) in [5, 5.41) is 1.96. The maximum absolute atomic E-state index is 13.0. The number of alkyl halides is 2. The quantitative estimate of drug-likeness (QED) is 0.711. The molecule has 1 aromatic carbocycles. The Morgan fingerprint density at radius 1 is 1.21 bits per heavy atom. The number of hydrogen-bond acceptors (Lipinski definition) is 5. The van der Waals surface area contributed by atoms with Crippen molar-refractivity contribution in [3.63, 3.8) is 0 Å². The van der Waals surface area contributed by atoms with Gasteiger partial charge in [0.05, 0.1) is 36.5 Å². The molecule has 3 rings (SSSR count). The van der Waals surface area contributed by atoms with Gasteiger partial charge in [-0.05, 0) is 12.0 Å². The predicted molar refractivity (Wildman–Crippen MR) is 100 cm³/mol. The molecule has 1 saturated heterocycles. The largest absolute Gasteiger partial charge is 0.343 e. The molecule has 0 bridgehead atoms. The van der Waals surface area contributed by atoms with Crippen LogP contribution in [0.2, 0.25) is 0 Å². The third-order valence-corrected chi connectivity index (χ3v) is 4.73. The molecule has 2 heterocycles. The van der Waals surface area contributed by atoms with E-state index in [2.05, 4.69) is 9.97 Å². The maximum atomic E-state index is 13.0. The number of Topliss-reactive ketones (excluding diaryl/α,β-unsaturated/α-hetero) is 1. The highest BCUT2D eigenvalue weighted by Crippen LogP contribution is 2.32. The van der Waals surface area contributed by atoms with Gasteiger partial charge in [0, 0.05) is 13.5 Å². The summed E-state index contributed by atoms with van der Waals surface area (Å²) < 4.78 is 26.1. The average Bonchev–Trinajstić information content (AvgIpc) is 3.03. The number of halogens is 2. The molecular formula is C20H20F2N4O3. The van der Waals surface area contributed by atoms with Gasteiger partial charge in [0.25, 0.3) is 11.8 Å². The molecule has 1 aliphatic heterocycles. The Labute approximate surface area is 166 Å². The van der Waals surface area contributed by atoms with Gasteiger partial charge in [-0.15, -0.1) is 0 Å². The van der Waals surface area contributed by atoms with Gasteiger partial charge in [-0.2, -0.15) is 0 Å². The van der Waals surface area contributed by atoms with E-state index in [4.69, 9.17) is 0 Å². The number of hydrogen-bond donors (Lipinski definition) is 1. The second-order valence-corrected chi connectivity index (χ2v) is 7.07. The summed E-state index contributed by atoms with van der Waals surface area (Å²) in [5.74, 6) is -7.24. The number of rotatable bonds is 7. The highest BCUT2D eigenvalue weighted by molar-refractivity contribution is 6.38. The molecule has 9 heteroatoms. The zero-order valence-corrected chi connectivity index (χ0v) is 15.7. The van der Waals surface area contributed by atoms with Crippen LogP contribution in [-0.2, 0) is 20.8 Å². The summed E-state index contributed by atoms with van der Waals surface area (Å²) in [6.45, 7) is -0.345. The minimum atomic E-state index is -3.14. The normalized spacial score (nSPS) is 19.3. The van der Waals surface area contributed by atoms with Gasteiger partial charge in [0.2, 0.25) is 11.7 Å². The van der Waals surface area contributed by atoms with Crippen LogP contribution >= 0.6 is 0 Å². The van der Waals surface area contributed by atoms with E-state index in [0.717, 1.165) is 5.56 Å². The summed E-state index contributed by atoms with van der Waals surface area (Å²) in [5.41, 5.74) is 1.24. The lowest BCUT2D eigenvalue weighted by molar-refractivity contribution is -0.142. The minimum absolute atomic E-state index is 0.0432. The lowest BCUT2D eigenvalue weighted by Gasteiger charge is -2.16. The fourth-order valence-corrected chi connectivity index (χ4v) is 3.30. The van der Waals surface area contributed by atoms with Crippen LogP contribution in [0.1, 0.15) is 12.5 Å². The van der Waals surface area contributed by atoms with Crippen molar-refractivity contribution in [3.05, 3.63) is 54.6 Å². The molecule has 2 amide bonds. The molecule has 0 saturated carbocycles. The molecule has 7 nitrogen and oxygen atoms in total. The Morgan fingerprint density at radius 3 is 2.48 bits per heavy atom. The first-order chi connectivity index (χ1) is 13.8. The molecule has 1 fully saturated rings. The Bertz CT molecular complexity index is 888. The van der Waals surface area contributed by atoms with Gasteiger partial charge in [-0.25, -0.2) is 18.7 Å². The van der Waals surface area contributed by atoms with Crippen molar-refractivity contribution in [1.82, 2.24) is 15.3 Å². The van der Waals surface area contributed by atoms with E-state index in [9.17, 15) is 23.2 Å². The molecular weight excluding hydrogens is 382 g/mol. The lowest BCUT2D eigenvalue weighted by Crippen LogP contribution is -2.42. The number of carbonyl (C=O) groups excluding carboxylic acids is 3. The number of amides is 2. The topological polar surface area (TPSA) is 92.3 Å². The summed E-state index contributed by atoms with van der Waals surface area (Å²) in [6, 6.07) is 9.09. The van der Waals surface area contributed by atoms with Crippen LogP contribution in [0.5, 0.6) is 0 Å². The van der Waals surface area contributed by atoms with E-state index in [1.807, 2.05) is 35.6 Å². The smallest absolute Gasteiger partial charge is 0.287 e. The fraction of sp³-hybridized carbons (Fsp3) is 0.350. The fourth-order valence-electron chi connectivity index (χ4n) is 3.30. The number of anilines is 1. The van der Waals surface area contributed by atoms with Crippen LogP contribution in [0.25, 0.3) is 0 Å². The average molecular weight is 402 g/mol. The molecule has 29 heavy (non-hydrogen) atoms. The Hall–Kier alpha value is -3.23. The number of carbonyl (C=O) groups is 3. The van der Waals surface area contributed by atoms with Crippen molar-refractivity contribution in [2.24, 2.45) is 11.8 Å². The van der Waals surface area contributed by atoms with E-state index >= 15 is 0 Å². The van der Waals surface area contributed by atoms with Crippen molar-refractivity contribution >= 4 is 23.3 Å². The molecule has 2 aromatic rings. The van der Waals surface area contributed by atoms with E-state index in [1.54, 1.807) is 0 Å². The number of ketones is 1. The molecule has 1 aromatic heterocycles. The zero-order valence-electron chi connectivity index (χ0n) is 15.7. The van der Waals surface area contributed by atoms with Gasteiger partial charge >= 0.3 is 0 Å². The number of aromatic nitrogens is 2. The van der Waals surface area contributed by atoms with E-state index in [-0.39, 0.29) is 18.9 Å². The molecule has 1 N–H and O–H groups in total. The molecule has 0 radical (unpaired) electrons. The SMILES string of the molecule is CC(F)(F)CNC(=O)C(=O)C1CN(c2cncnc2)C(=O)C1Cc1ccccc1. The Balaban J connectivity index is 1.84. The predicted octanol–water partition coefficient (Wildman–Crippen LogP) is 1.64. The number of benzene rings is 1. The minimum Gasteiger partial charge on any atom is -0.343 e. The second kappa shape index (κ2) is 8.42. The first-order valence-electron chi connectivity index (χ1n) is 9.06. The zero-order chi connectivity index (χ0) is 21.0. The van der Waals surface area contributed by atoms with Gasteiger partial charge in [-0.1, -0.05) is 30.3 Å². The van der Waals surface area contributed by atoms with Crippen LogP contribution in [-0.4, -0.2) is 46.6 Å². The van der Waals surface area contributed by atoms with Crippen molar-refractivity contribution in [2.75, 3.05) is 18.0 Å². The summed E-state index contributed by atoms with van der Waals surface area (Å²) in [7, 11) is 0. The van der Waals surface area contributed by atoms with Gasteiger partial charge in [0.15, 0.2) is 0 Å². The van der Waals surface area contributed by atoms with Crippen molar-refractivity contribution in [3.8, 4) is 0 Å². The maximum Gasteiger partial charge on any atom is 0.287 e. The highest BCUT2D eigenvalue weighted by Gasteiger charge is 2.46. The number of nitrogens with one attached hydrogen (secondary N) is 1. The Kier molecular flexibility index (Phi) is 5.95. The summed E-state index contributed by atoms with van der Waals surface area (Å²) >= 11 is 0. The van der Waals surface area contributed by atoms with Crippen molar-refractivity contribution in [2.45, 2.75) is 19.3 Å². The molecule has 1 aliphatic rings. The molecule has 2 unspecified atom stereocenters. The third kappa shape index (κ3) is 4.98. The molecule has 0 aliphatic carbocycles. The van der Waals surface area contributed by atoms with Gasteiger partial charge < -0.3 is 10.2 Å². The highest BCUT2D eigenvalue weighted by atomic mass is 19.3.